The molecule has 0 radical (unpaired) electrons. The zero-order valence-electron chi connectivity index (χ0n) is 11.5. The first-order valence-electron chi connectivity index (χ1n) is 6.47. The Balaban J connectivity index is 0.000000545. The molecule has 0 bridgehead atoms. The number of hydrogen-bond acceptors (Lipinski definition) is 3. The van der Waals surface area contributed by atoms with Gasteiger partial charge in [0.1, 0.15) is 0 Å². The third kappa shape index (κ3) is 3.79. The molecule has 0 aliphatic carbocycles. The van der Waals surface area contributed by atoms with E-state index in [9.17, 15) is 4.79 Å². The number of aromatic nitrogens is 1. The third-order valence-corrected chi connectivity index (χ3v) is 3.63. The lowest BCUT2D eigenvalue weighted by Crippen LogP contribution is -2.19. The Morgan fingerprint density at radius 2 is 1.68 bits per heavy atom. The van der Waals surface area contributed by atoms with Gasteiger partial charge in [0.05, 0.1) is 6.54 Å². The van der Waals surface area contributed by atoms with Crippen LogP contribution in [0.15, 0.2) is 70.1 Å². The molecule has 0 fully saturated rings. The summed E-state index contributed by atoms with van der Waals surface area (Å²) in [5.74, 6) is 0. The second kappa shape index (κ2) is 7.50. The molecule has 0 aliphatic heterocycles. The highest BCUT2D eigenvalue weighted by Crippen LogP contribution is 2.16. The molecule has 1 aromatic heterocycles. The third-order valence-electron chi connectivity index (χ3n) is 3.14. The number of halogens is 1. The van der Waals surface area contributed by atoms with E-state index in [1.807, 2.05) is 60.8 Å². The standard InChI is InChI=1S/C16H12BrNO.CO2/c17-14-7-6-13-8-9-18(16(19)15(13)10-14)11-12-4-2-1-3-5-12;2-1-3/h1-10H,11H2;. The zero-order chi connectivity index (χ0) is 15.9. The van der Waals surface area contributed by atoms with Crippen LogP contribution < -0.4 is 5.56 Å². The maximum Gasteiger partial charge on any atom is 0.373 e. The van der Waals surface area contributed by atoms with E-state index in [0.717, 1.165) is 20.8 Å². The van der Waals surface area contributed by atoms with Crippen LogP contribution in [0.5, 0.6) is 0 Å². The Morgan fingerprint density at radius 3 is 2.36 bits per heavy atom. The van der Waals surface area contributed by atoms with Crippen LogP contribution in [0.25, 0.3) is 10.8 Å². The van der Waals surface area contributed by atoms with Crippen LogP contribution >= 0.6 is 15.9 Å². The molecular weight excluding hydrogens is 346 g/mol. The molecule has 5 heteroatoms. The van der Waals surface area contributed by atoms with E-state index in [1.165, 1.54) is 0 Å². The van der Waals surface area contributed by atoms with Crippen molar-refractivity contribution in [1.82, 2.24) is 4.57 Å². The van der Waals surface area contributed by atoms with Crippen molar-refractivity contribution >= 4 is 32.9 Å². The average molecular weight is 358 g/mol. The molecule has 4 nitrogen and oxygen atoms in total. The van der Waals surface area contributed by atoms with E-state index in [4.69, 9.17) is 9.59 Å². The van der Waals surface area contributed by atoms with Crippen LogP contribution in [0.4, 0.5) is 0 Å². The van der Waals surface area contributed by atoms with Gasteiger partial charge < -0.3 is 4.57 Å². The molecule has 0 unspecified atom stereocenters. The normalized spacial score (nSPS) is 9.68. The monoisotopic (exact) mass is 357 g/mol. The van der Waals surface area contributed by atoms with E-state index in [0.29, 0.717) is 6.54 Å². The molecule has 0 aliphatic rings. The summed E-state index contributed by atoms with van der Waals surface area (Å²) >= 11 is 3.41. The van der Waals surface area contributed by atoms with Crippen LogP contribution in [-0.4, -0.2) is 10.7 Å². The van der Waals surface area contributed by atoms with Gasteiger partial charge in [0.25, 0.3) is 5.56 Å². The molecule has 1 heterocycles. The minimum Gasteiger partial charge on any atom is -0.311 e. The molecule has 22 heavy (non-hydrogen) atoms. The van der Waals surface area contributed by atoms with Gasteiger partial charge in [-0.15, -0.1) is 0 Å². The van der Waals surface area contributed by atoms with Crippen molar-refractivity contribution in [1.29, 1.82) is 0 Å². The fourth-order valence-electron chi connectivity index (χ4n) is 2.16. The number of carbonyl (C=O) groups excluding carboxylic acids is 2. The molecule has 0 atom stereocenters. The van der Waals surface area contributed by atoms with Gasteiger partial charge in [-0.3, -0.25) is 4.79 Å². The Labute approximate surface area is 135 Å². The van der Waals surface area contributed by atoms with E-state index in [-0.39, 0.29) is 11.7 Å². The highest BCUT2D eigenvalue weighted by molar-refractivity contribution is 9.10. The van der Waals surface area contributed by atoms with Crippen molar-refractivity contribution in [2.75, 3.05) is 0 Å². The summed E-state index contributed by atoms with van der Waals surface area (Å²) < 4.78 is 2.67. The van der Waals surface area contributed by atoms with Gasteiger partial charge in [-0.2, -0.15) is 9.59 Å². The first kappa shape index (κ1) is 15.9. The smallest absolute Gasteiger partial charge is 0.311 e. The van der Waals surface area contributed by atoms with Gasteiger partial charge in [0, 0.05) is 16.1 Å². The molecule has 3 rings (SSSR count). The minimum atomic E-state index is 0.0441. The molecule has 3 aromatic rings. The SMILES string of the molecule is O=C=O.O=c1c2cc(Br)ccc2ccn1Cc1ccccc1. The van der Waals surface area contributed by atoms with Crippen molar-refractivity contribution in [2.24, 2.45) is 0 Å². The first-order valence-corrected chi connectivity index (χ1v) is 7.27. The number of nitrogens with zero attached hydrogens (tertiary/aromatic N) is 1. The summed E-state index contributed by atoms with van der Waals surface area (Å²) in [5, 5.41) is 1.71. The predicted octanol–water partition coefficient (Wildman–Crippen LogP) is 3.23. The predicted molar refractivity (Wildman–Crippen MR) is 86.5 cm³/mol. The molecule has 0 saturated carbocycles. The van der Waals surface area contributed by atoms with Gasteiger partial charge in [0.15, 0.2) is 0 Å². The lowest BCUT2D eigenvalue weighted by Gasteiger charge is -2.07. The Hall–Kier alpha value is -2.49. The lowest BCUT2D eigenvalue weighted by atomic mass is 10.1. The molecule has 0 N–H and O–H groups in total. The Kier molecular flexibility index (Phi) is 5.42. The zero-order valence-corrected chi connectivity index (χ0v) is 13.1. The van der Waals surface area contributed by atoms with Gasteiger partial charge in [-0.05, 0) is 29.1 Å². The molecular formula is C17H12BrNO3. The minimum absolute atomic E-state index is 0.0441. The van der Waals surface area contributed by atoms with E-state index in [2.05, 4.69) is 15.9 Å². The van der Waals surface area contributed by atoms with Crippen LogP contribution in [0, 0.1) is 0 Å². The largest absolute Gasteiger partial charge is 0.373 e. The Morgan fingerprint density at radius 1 is 1.00 bits per heavy atom. The van der Waals surface area contributed by atoms with Crippen molar-refractivity contribution in [3.63, 3.8) is 0 Å². The number of rotatable bonds is 2. The topological polar surface area (TPSA) is 56.1 Å². The summed E-state index contributed by atoms with van der Waals surface area (Å²) in [4.78, 5) is 28.7. The molecule has 110 valence electrons. The lowest BCUT2D eigenvalue weighted by molar-refractivity contribution is -0.191. The van der Waals surface area contributed by atoms with E-state index >= 15 is 0 Å². The molecule has 2 aromatic carbocycles. The number of fused-ring (bicyclic) bond motifs is 1. The van der Waals surface area contributed by atoms with Crippen molar-refractivity contribution in [2.45, 2.75) is 6.54 Å². The van der Waals surface area contributed by atoms with Crippen LogP contribution in [0.2, 0.25) is 0 Å². The fraction of sp³-hybridized carbons (Fsp3) is 0.0588. The fourth-order valence-corrected chi connectivity index (χ4v) is 2.52. The summed E-state index contributed by atoms with van der Waals surface area (Å²) in [5.41, 5.74) is 1.17. The van der Waals surface area contributed by atoms with E-state index < -0.39 is 0 Å². The summed E-state index contributed by atoms with van der Waals surface area (Å²) in [6.07, 6.45) is 2.10. The van der Waals surface area contributed by atoms with Crippen LogP contribution in [0.1, 0.15) is 5.56 Å². The summed E-state index contributed by atoms with van der Waals surface area (Å²) in [7, 11) is 0. The average Bonchev–Trinajstić information content (AvgIpc) is 2.52. The number of pyridine rings is 1. The maximum atomic E-state index is 12.4. The summed E-state index contributed by atoms with van der Waals surface area (Å²) in [6, 6.07) is 17.7. The molecule has 0 amide bonds. The number of benzene rings is 2. The molecule has 0 saturated heterocycles. The maximum absolute atomic E-state index is 12.4. The molecule has 0 spiro atoms. The van der Waals surface area contributed by atoms with Crippen molar-refractivity contribution in [3.8, 4) is 0 Å². The number of hydrogen-bond donors (Lipinski definition) is 0. The highest BCUT2D eigenvalue weighted by Gasteiger charge is 2.03. The highest BCUT2D eigenvalue weighted by atomic mass is 79.9. The second-order valence-electron chi connectivity index (χ2n) is 4.55. The first-order chi connectivity index (χ1) is 10.7. The van der Waals surface area contributed by atoms with Gasteiger partial charge in [0.2, 0.25) is 0 Å². The summed E-state index contributed by atoms with van der Waals surface area (Å²) in [6.45, 7) is 0.599. The second-order valence-corrected chi connectivity index (χ2v) is 5.46. The van der Waals surface area contributed by atoms with E-state index in [1.54, 1.807) is 4.57 Å². The van der Waals surface area contributed by atoms with Crippen LogP contribution in [-0.2, 0) is 16.1 Å². The Bertz CT molecular complexity index is 866. The van der Waals surface area contributed by atoms with Crippen molar-refractivity contribution < 1.29 is 9.59 Å². The van der Waals surface area contributed by atoms with Gasteiger partial charge in [-0.25, -0.2) is 0 Å². The van der Waals surface area contributed by atoms with Crippen LogP contribution in [0.3, 0.4) is 0 Å². The van der Waals surface area contributed by atoms with Gasteiger partial charge in [-0.1, -0.05) is 52.3 Å². The van der Waals surface area contributed by atoms with Gasteiger partial charge >= 0.3 is 6.15 Å². The quantitative estimate of drug-likeness (QED) is 0.707. The van der Waals surface area contributed by atoms with Crippen molar-refractivity contribution in [3.05, 3.63) is 81.2 Å².